The molecule has 0 spiro atoms. The van der Waals surface area contributed by atoms with Crippen LogP contribution in [0.3, 0.4) is 0 Å². The van der Waals surface area contributed by atoms with Crippen LogP contribution in [0.15, 0.2) is 42.6 Å². The molecular weight excluding hydrogens is 365 g/mol. The third kappa shape index (κ3) is 8.07. The Morgan fingerprint density at radius 1 is 1.12 bits per heavy atom. The molecule has 2 N–H and O–H groups in total. The first-order valence-electron chi connectivity index (χ1n) is 7.39. The Balaban J connectivity index is 0.00000288. The lowest BCUT2D eigenvalue weighted by atomic mass is 10.2. The third-order valence-electron chi connectivity index (χ3n) is 3.17. The Kier molecular flexibility index (Phi) is 11.4. The molecule has 0 aliphatic rings. The van der Waals surface area contributed by atoms with Crippen molar-refractivity contribution in [2.45, 2.75) is 13.0 Å². The fraction of sp³-hybridized carbons (Fsp3) is 0.294. The zero-order chi connectivity index (χ0) is 16.5. The van der Waals surface area contributed by atoms with Crippen LogP contribution in [0, 0.1) is 0 Å². The minimum atomic E-state index is 0. The highest BCUT2D eigenvalue weighted by molar-refractivity contribution is 5.85. The summed E-state index contributed by atoms with van der Waals surface area (Å²) in [5.41, 5.74) is 0.932. The molecule has 1 heterocycles. The Morgan fingerprint density at radius 2 is 1.80 bits per heavy atom. The van der Waals surface area contributed by atoms with Gasteiger partial charge in [-0.3, -0.25) is 4.79 Å². The molecule has 8 heteroatoms. The number of methoxy groups -OCH3 is 1. The van der Waals surface area contributed by atoms with Gasteiger partial charge in [-0.2, -0.15) is 0 Å². The van der Waals surface area contributed by atoms with E-state index in [0.717, 1.165) is 11.3 Å². The molecule has 0 fully saturated rings. The number of carbonyl (C=O) groups is 1. The van der Waals surface area contributed by atoms with E-state index in [0.29, 0.717) is 31.1 Å². The highest BCUT2D eigenvalue weighted by Crippen LogP contribution is 2.22. The summed E-state index contributed by atoms with van der Waals surface area (Å²) in [5.74, 6) is 1.93. The number of pyridine rings is 1. The second kappa shape index (κ2) is 12.4. The third-order valence-corrected chi connectivity index (χ3v) is 3.17. The van der Waals surface area contributed by atoms with Gasteiger partial charge in [-0.05, 0) is 42.9 Å². The maximum absolute atomic E-state index is 11.6. The summed E-state index contributed by atoms with van der Waals surface area (Å²) < 4.78 is 10.8. The van der Waals surface area contributed by atoms with Gasteiger partial charge < -0.3 is 20.1 Å². The fourth-order valence-corrected chi connectivity index (χ4v) is 1.91. The van der Waals surface area contributed by atoms with Gasteiger partial charge in [-0.15, -0.1) is 24.8 Å². The average Bonchev–Trinajstić information content (AvgIpc) is 2.59. The SMILES string of the molecule is CNCCC(=O)NCc1ccnc(Oc2ccc(OC)cc2)c1.Cl.Cl. The van der Waals surface area contributed by atoms with E-state index in [4.69, 9.17) is 9.47 Å². The number of hydrogen-bond donors (Lipinski definition) is 2. The first-order chi connectivity index (χ1) is 11.2. The van der Waals surface area contributed by atoms with Gasteiger partial charge in [0.05, 0.1) is 7.11 Å². The zero-order valence-electron chi connectivity index (χ0n) is 14.2. The number of ether oxygens (including phenoxy) is 2. The Hall–Kier alpha value is -2.02. The van der Waals surface area contributed by atoms with E-state index >= 15 is 0 Å². The highest BCUT2D eigenvalue weighted by atomic mass is 35.5. The van der Waals surface area contributed by atoms with E-state index in [1.165, 1.54) is 0 Å². The van der Waals surface area contributed by atoms with E-state index in [1.54, 1.807) is 13.3 Å². The minimum absolute atomic E-state index is 0. The van der Waals surface area contributed by atoms with Crippen LogP contribution in [0.2, 0.25) is 0 Å². The quantitative estimate of drug-likeness (QED) is 0.728. The molecule has 0 atom stereocenters. The van der Waals surface area contributed by atoms with Crippen LogP contribution >= 0.6 is 24.8 Å². The second-order valence-electron chi connectivity index (χ2n) is 4.91. The van der Waals surface area contributed by atoms with Gasteiger partial charge in [0.25, 0.3) is 0 Å². The standard InChI is InChI=1S/C17H21N3O3.2ClH/c1-18-9-8-16(21)20-12-13-7-10-19-17(11-13)23-15-5-3-14(22-2)4-6-15;;/h3-7,10-11,18H,8-9,12H2,1-2H3,(H,20,21);2*1H. The molecule has 2 aromatic rings. The number of halogens is 2. The number of amides is 1. The maximum Gasteiger partial charge on any atom is 0.221 e. The molecule has 0 radical (unpaired) electrons. The van der Waals surface area contributed by atoms with Crippen LogP contribution in [-0.4, -0.2) is 31.6 Å². The van der Waals surface area contributed by atoms with Gasteiger partial charge in [-0.1, -0.05) is 0 Å². The van der Waals surface area contributed by atoms with E-state index < -0.39 is 0 Å². The summed E-state index contributed by atoms with van der Waals surface area (Å²) in [4.78, 5) is 15.8. The Morgan fingerprint density at radius 3 is 2.44 bits per heavy atom. The van der Waals surface area contributed by atoms with Crippen molar-refractivity contribution in [3.05, 3.63) is 48.2 Å². The van der Waals surface area contributed by atoms with E-state index in [-0.39, 0.29) is 30.7 Å². The maximum atomic E-state index is 11.6. The molecule has 0 aliphatic heterocycles. The van der Waals surface area contributed by atoms with Crippen LogP contribution in [-0.2, 0) is 11.3 Å². The zero-order valence-corrected chi connectivity index (χ0v) is 15.8. The predicted molar refractivity (Wildman–Crippen MR) is 102 cm³/mol. The molecule has 0 unspecified atom stereocenters. The first kappa shape index (κ1) is 23.0. The molecule has 25 heavy (non-hydrogen) atoms. The van der Waals surface area contributed by atoms with Gasteiger partial charge in [0.1, 0.15) is 11.5 Å². The van der Waals surface area contributed by atoms with Crippen LogP contribution in [0.5, 0.6) is 17.4 Å². The van der Waals surface area contributed by atoms with Crippen molar-refractivity contribution >= 4 is 30.7 Å². The molecule has 0 bridgehead atoms. The Bertz CT molecular complexity index is 639. The monoisotopic (exact) mass is 387 g/mol. The van der Waals surface area contributed by atoms with Crippen molar-refractivity contribution < 1.29 is 14.3 Å². The molecule has 0 aliphatic carbocycles. The van der Waals surface area contributed by atoms with Gasteiger partial charge >= 0.3 is 0 Å². The number of nitrogens with zero attached hydrogens (tertiary/aromatic N) is 1. The van der Waals surface area contributed by atoms with Crippen LogP contribution in [0.4, 0.5) is 0 Å². The topological polar surface area (TPSA) is 72.5 Å². The molecule has 1 amide bonds. The van der Waals surface area contributed by atoms with E-state index in [2.05, 4.69) is 15.6 Å². The molecule has 0 saturated heterocycles. The van der Waals surface area contributed by atoms with Gasteiger partial charge in [-0.25, -0.2) is 4.98 Å². The molecule has 1 aromatic heterocycles. The lowest BCUT2D eigenvalue weighted by Gasteiger charge is -2.08. The number of nitrogens with one attached hydrogen (secondary N) is 2. The van der Waals surface area contributed by atoms with Crippen molar-refractivity contribution in [3.63, 3.8) is 0 Å². The second-order valence-corrected chi connectivity index (χ2v) is 4.91. The smallest absolute Gasteiger partial charge is 0.221 e. The van der Waals surface area contributed by atoms with Gasteiger partial charge in [0.2, 0.25) is 11.8 Å². The lowest BCUT2D eigenvalue weighted by molar-refractivity contribution is -0.121. The van der Waals surface area contributed by atoms with Crippen molar-refractivity contribution in [1.82, 2.24) is 15.6 Å². The number of benzene rings is 1. The van der Waals surface area contributed by atoms with Crippen LogP contribution < -0.4 is 20.1 Å². The number of aromatic nitrogens is 1. The summed E-state index contributed by atoms with van der Waals surface area (Å²) in [7, 11) is 3.44. The predicted octanol–water partition coefficient (Wildman–Crippen LogP) is 2.95. The normalized spacial score (nSPS) is 9.36. The number of rotatable bonds is 8. The summed E-state index contributed by atoms with van der Waals surface area (Å²) >= 11 is 0. The van der Waals surface area contributed by atoms with Crippen molar-refractivity contribution in [3.8, 4) is 17.4 Å². The highest BCUT2D eigenvalue weighted by Gasteiger charge is 2.04. The molecule has 0 saturated carbocycles. The molecule has 6 nitrogen and oxygen atoms in total. The minimum Gasteiger partial charge on any atom is -0.497 e. The van der Waals surface area contributed by atoms with Crippen LogP contribution in [0.1, 0.15) is 12.0 Å². The first-order valence-corrected chi connectivity index (χ1v) is 7.39. The van der Waals surface area contributed by atoms with Crippen LogP contribution in [0.25, 0.3) is 0 Å². The molecule has 138 valence electrons. The summed E-state index contributed by atoms with van der Waals surface area (Å²) in [6.07, 6.45) is 2.12. The number of carbonyl (C=O) groups excluding carboxylic acids is 1. The summed E-state index contributed by atoms with van der Waals surface area (Å²) in [5, 5.41) is 5.80. The molecule has 1 aromatic carbocycles. The summed E-state index contributed by atoms with van der Waals surface area (Å²) in [6.45, 7) is 1.11. The van der Waals surface area contributed by atoms with Gasteiger partial charge in [0, 0.05) is 31.8 Å². The van der Waals surface area contributed by atoms with Crippen molar-refractivity contribution in [2.24, 2.45) is 0 Å². The molecule has 2 rings (SSSR count). The van der Waals surface area contributed by atoms with Gasteiger partial charge in [0.15, 0.2) is 0 Å². The average molecular weight is 388 g/mol. The fourth-order valence-electron chi connectivity index (χ4n) is 1.91. The van der Waals surface area contributed by atoms with Crippen molar-refractivity contribution in [1.29, 1.82) is 0 Å². The van der Waals surface area contributed by atoms with Crippen molar-refractivity contribution in [2.75, 3.05) is 20.7 Å². The van der Waals surface area contributed by atoms with E-state index in [9.17, 15) is 4.79 Å². The van der Waals surface area contributed by atoms with E-state index in [1.807, 2.05) is 43.4 Å². The lowest BCUT2D eigenvalue weighted by Crippen LogP contribution is -2.26. The largest absolute Gasteiger partial charge is 0.497 e. The summed E-state index contributed by atoms with van der Waals surface area (Å²) in [6, 6.07) is 10.9. The molecular formula is C17H23Cl2N3O3. The number of hydrogen-bond acceptors (Lipinski definition) is 5. The Labute approximate surface area is 160 Å².